The topological polar surface area (TPSA) is 17.0 Å². The first-order valence-corrected chi connectivity index (χ1v) is 8.92. The lowest BCUT2D eigenvalue weighted by atomic mass is 10.2. The Kier molecular flexibility index (Phi) is 4.78. The van der Waals surface area contributed by atoms with Crippen molar-refractivity contribution in [1.82, 2.24) is 9.88 Å². The number of hydrogen-bond acceptors (Lipinski definition) is 2. The number of benzene rings is 1. The number of halogens is 1. The molecule has 0 radical (unpaired) electrons. The molecule has 0 spiro atoms. The molecule has 3 aromatic rings. The van der Waals surface area contributed by atoms with Crippen LogP contribution in [0.2, 0.25) is 0 Å². The number of nitrogens with zero attached hydrogens (tertiary/aromatic N) is 1. The average Bonchev–Trinajstić information content (AvgIpc) is 3.10. The van der Waals surface area contributed by atoms with Gasteiger partial charge in [0.2, 0.25) is 0 Å². The van der Waals surface area contributed by atoms with Gasteiger partial charge in [0.15, 0.2) is 0 Å². The molecule has 1 unspecified atom stereocenters. The highest BCUT2D eigenvalue weighted by molar-refractivity contribution is 9.10. The summed E-state index contributed by atoms with van der Waals surface area (Å²) >= 11 is 5.31. The summed E-state index contributed by atoms with van der Waals surface area (Å²) in [5.74, 6) is 0. The fraction of sp³-hybridized carbons (Fsp3) is 0.294. The van der Waals surface area contributed by atoms with Crippen LogP contribution in [0.3, 0.4) is 0 Å². The van der Waals surface area contributed by atoms with Gasteiger partial charge in [0.25, 0.3) is 0 Å². The van der Waals surface area contributed by atoms with E-state index in [4.69, 9.17) is 0 Å². The second-order valence-corrected chi connectivity index (χ2v) is 7.12. The Hall–Kier alpha value is -1.10. The second-order valence-electron chi connectivity index (χ2n) is 5.26. The van der Waals surface area contributed by atoms with E-state index in [9.17, 15) is 0 Å². The maximum absolute atomic E-state index is 3.60. The molecule has 0 amide bonds. The predicted molar refractivity (Wildman–Crippen MR) is 95.0 cm³/mol. The number of aromatic nitrogens is 1. The first-order valence-electron chi connectivity index (χ1n) is 7.25. The highest BCUT2D eigenvalue weighted by Gasteiger charge is 2.07. The predicted octanol–water partition coefficient (Wildman–Crippen LogP) is 5.21. The molecule has 1 atom stereocenters. The minimum absolute atomic E-state index is 0.419. The molecule has 0 fully saturated rings. The van der Waals surface area contributed by atoms with Gasteiger partial charge < -0.3 is 9.88 Å². The van der Waals surface area contributed by atoms with Gasteiger partial charge >= 0.3 is 0 Å². The van der Waals surface area contributed by atoms with E-state index in [1.54, 1.807) is 11.3 Å². The quantitative estimate of drug-likeness (QED) is 0.595. The van der Waals surface area contributed by atoms with Crippen LogP contribution in [-0.4, -0.2) is 11.1 Å². The molecule has 1 N–H and O–H groups in total. The fourth-order valence-electron chi connectivity index (χ4n) is 2.56. The van der Waals surface area contributed by atoms with Gasteiger partial charge in [-0.3, -0.25) is 0 Å². The van der Waals surface area contributed by atoms with Gasteiger partial charge in [0.05, 0.1) is 0 Å². The molecule has 3 rings (SSSR count). The summed E-state index contributed by atoms with van der Waals surface area (Å²) in [7, 11) is 0. The molecule has 110 valence electrons. The zero-order valence-corrected chi connectivity index (χ0v) is 14.5. The summed E-state index contributed by atoms with van der Waals surface area (Å²) in [6.45, 7) is 4.31. The molecule has 21 heavy (non-hydrogen) atoms. The van der Waals surface area contributed by atoms with Crippen molar-refractivity contribution in [2.45, 2.75) is 25.9 Å². The Bertz CT molecular complexity index is 716. The van der Waals surface area contributed by atoms with Crippen LogP contribution in [0.15, 0.2) is 52.4 Å². The van der Waals surface area contributed by atoms with E-state index in [1.807, 2.05) is 0 Å². The number of para-hydroxylation sites is 1. The third-order valence-electron chi connectivity index (χ3n) is 3.72. The maximum Gasteiger partial charge on any atom is 0.0480 e. The molecular formula is C17H19BrN2S. The molecule has 1 aromatic carbocycles. The zero-order chi connectivity index (χ0) is 14.7. The lowest BCUT2D eigenvalue weighted by molar-refractivity contribution is 0.536. The van der Waals surface area contributed by atoms with Crippen molar-refractivity contribution < 1.29 is 0 Å². The molecule has 0 aliphatic rings. The Labute approximate surface area is 137 Å². The summed E-state index contributed by atoms with van der Waals surface area (Å²) < 4.78 is 3.51. The van der Waals surface area contributed by atoms with Crippen molar-refractivity contribution in [2.75, 3.05) is 6.54 Å². The summed E-state index contributed by atoms with van der Waals surface area (Å²) in [5.41, 5.74) is 1.33. The summed E-state index contributed by atoms with van der Waals surface area (Å²) in [6, 6.07) is 13.4. The van der Waals surface area contributed by atoms with Gasteiger partial charge in [-0.15, -0.1) is 11.3 Å². The standard InChI is InChI=1S/C17H19BrN2S/c1-13(17-11-15(18)12-21-17)19-8-4-9-20-10-7-14-5-2-3-6-16(14)20/h2-3,5-7,10-13,19H,4,8-9H2,1H3. The lowest BCUT2D eigenvalue weighted by Gasteiger charge is -2.12. The highest BCUT2D eigenvalue weighted by atomic mass is 79.9. The van der Waals surface area contributed by atoms with Crippen molar-refractivity contribution in [3.05, 3.63) is 57.3 Å². The van der Waals surface area contributed by atoms with Gasteiger partial charge in [-0.2, -0.15) is 0 Å². The Morgan fingerprint density at radius 1 is 1.29 bits per heavy atom. The largest absolute Gasteiger partial charge is 0.347 e. The fourth-order valence-corrected chi connectivity index (χ4v) is 4.04. The summed E-state index contributed by atoms with van der Waals surface area (Å²) in [4.78, 5) is 1.38. The molecule has 0 saturated carbocycles. The van der Waals surface area contributed by atoms with E-state index >= 15 is 0 Å². The van der Waals surface area contributed by atoms with E-state index in [2.05, 4.69) is 80.7 Å². The monoisotopic (exact) mass is 362 g/mol. The molecule has 2 aromatic heterocycles. The Balaban J connectivity index is 1.50. The summed E-state index contributed by atoms with van der Waals surface area (Å²) in [5, 5.41) is 7.06. The molecule has 0 aliphatic carbocycles. The van der Waals surface area contributed by atoms with Crippen LogP contribution in [0.4, 0.5) is 0 Å². The lowest BCUT2D eigenvalue weighted by Crippen LogP contribution is -2.20. The SMILES string of the molecule is CC(NCCCn1ccc2ccccc21)c1cc(Br)cs1. The minimum Gasteiger partial charge on any atom is -0.347 e. The van der Waals surface area contributed by atoms with Crippen molar-refractivity contribution >= 4 is 38.2 Å². The zero-order valence-electron chi connectivity index (χ0n) is 12.1. The Morgan fingerprint density at radius 3 is 2.95 bits per heavy atom. The van der Waals surface area contributed by atoms with E-state index in [0.29, 0.717) is 6.04 Å². The molecule has 0 bridgehead atoms. The number of aryl methyl sites for hydroxylation is 1. The third-order valence-corrected chi connectivity index (χ3v) is 5.60. The van der Waals surface area contributed by atoms with Gasteiger partial charge in [-0.1, -0.05) is 18.2 Å². The van der Waals surface area contributed by atoms with Crippen molar-refractivity contribution in [1.29, 1.82) is 0 Å². The molecule has 2 heterocycles. The Morgan fingerprint density at radius 2 is 2.14 bits per heavy atom. The maximum atomic E-state index is 3.60. The van der Waals surface area contributed by atoms with Crippen molar-refractivity contribution in [2.24, 2.45) is 0 Å². The van der Waals surface area contributed by atoms with E-state index in [0.717, 1.165) is 19.5 Å². The van der Waals surface area contributed by atoms with E-state index in [-0.39, 0.29) is 0 Å². The number of rotatable bonds is 6. The van der Waals surface area contributed by atoms with Crippen molar-refractivity contribution in [3.8, 4) is 0 Å². The number of fused-ring (bicyclic) bond motifs is 1. The molecule has 0 saturated heterocycles. The second kappa shape index (κ2) is 6.77. The smallest absolute Gasteiger partial charge is 0.0480 e. The first kappa shape index (κ1) is 14.8. The molecular weight excluding hydrogens is 344 g/mol. The van der Waals surface area contributed by atoms with Gasteiger partial charge in [-0.05, 0) is 59.4 Å². The first-order chi connectivity index (χ1) is 10.2. The number of hydrogen-bond donors (Lipinski definition) is 1. The van der Waals surface area contributed by atoms with Crippen LogP contribution in [0.1, 0.15) is 24.3 Å². The van der Waals surface area contributed by atoms with Crippen LogP contribution in [0.25, 0.3) is 10.9 Å². The average molecular weight is 363 g/mol. The van der Waals surface area contributed by atoms with Gasteiger partial charge in [0, 0.05) is 39.0 Å². The minimum atomic E-state index is 0.419. The molecule has 0 aliphatic heterocycles. The summed E-state index contributed by atoms with van der Waals surface area (Å²) in [6.07, 6.45) is 3.32. The normalized spacial score (nSPS) is 12.9. The third kappa shape index (κ3) is 3.57. The van der Waals surface area contributed by atoms with Crippen LogP contribution < -0.4 is 5.32 Å². The molecule has 4 heteroatoms. The van der Waals surface area contributed by atoms with Crippen LogP contribution in [-0.2, 0) is 6.54 Å². The van der Waals surface area contributed by atoms with Crippen LogP contribution >= 0.6 is 27.3 Å². The van der Waals surface area contributed by atoms with E-state index < -0.39 is 0 Å². The number of nitrogens with one attached hydrogen (secondary N) is 1. The van der Waals surface area contributed by atoms with Crippen LogP contribution in [0, 0.1) is 0 Å². The van der Waals surface area contributed by atoms with Crippen molar-refractivity contribution in [3.63, 3.8) is 0 Å². The van der Waals surface area contributed by atoms with E-state index in [1.165, 1.54) is 20.3 Å². The highest BCUT2D eigenvalue weighted by Crippen LogP contribution is 2.25. The van der Waals surface area contributed by atoms with Crippen LogP contribution in [0.5, 0.6) is 0 Å². The van der Waals surface area contributed by atoms with Gasteiger partial charge in [-0.25, -0.2) is 0 Å². The van der Waals surface area contributed by atoms with Gasteiger partial charge in [0.1, 0.15) is 0 Å². The number of thiophene rings is 1. The molecule has 2 nitrogen and oxygen atoms in total.